The molecule has 0 aromatic carbocycles. The van der Waals surface area contributed by atoms with Gasteiger partial charge in [0.15, 0.2) is 5.65 Å². The smallest absolute Gasteiger partial charge is 0.415 e. The molecule has 2 atom stereocenters. The molecule has 0 bridgehead atoms. The molecule has 0 spiro atoms. The third kappa shape index (κ3) is 6.11. The average molecular weight is 607 g/mol. The molecule has 6 rings (SSSR count). The lowest BCUT2D eigenvalue weighted by atomic mass is 10.1. The number of aliphatic hydroxyl groups is 1. The van der Waals surface area contributed by atoms with Crippen molar-refractivity contribution in [3.63, 3.8) is 0 Å². The van der Waals surface area contributed by atoms with E-state index in [1.54, 1.807) is 40.1 Å². The van der Waals surface area contributed by atoms with Crippen molar-refractivity contribution >= 4 is 34.5 Å². The number of rotatable bonds is 7. The van der Waals surface area contributed by atoms with Gasteiger partial charge >= 0.3 is 6.09 Å². The van der Waals surface area contributed by atoms with E-state index in [2.05, 4.69) is 24.9 Å². The van der Waals surface area contributed by atoms with Crippen LogP contribution in [0, 0.1) is 0 Å². The number of ether oxygens (including phenoxy) is 3. The highest BCUT2D eigenvalue weighted by molar-refractivity contribution is 6.01. The number of pyridine rings is 1. The predicted octanol–water partition coefficient (Wildman–Crippen LogP) is 1.94. The zero-order chi connectivity index (χ0) is 31.0. The molecule has 6 heterocycles. The van der Waals surface area contributed by atoms with Gasteiger partial charge in [-0.2, -0.15) is 9.61 Å². The maximum atomic E-state index is 13.4. The number of anilines is 1. The molecular weight excluding hydrogens is 568 g/mol. The molecule has 2 N–H and O–H groups in total. The summed E-state index contributed by atoms with van der Waals surface area (Å²) < 4.78 is 20.0. The molecule has 0 saturated carbocycles. The number of carbonyl (C=O) groups excluding carboxylic acids is 2. The van der Waals surface area contributed by atoms with Gasteiger partial charge in [-0.15, -0.1) is 0 Å². The third-order valence-electron chi connectivity index (χ3n) is 7.75. The van der Waals surface area contributed by atoms with Crippen LogP contribution in [0.15, 0.2) is 36.8 Å². The van der Waals surface area contributed by atoms with Gasteiger partial charge in [0.1, 0.15) is 22.6 Å². The number of fused-ring (bicyclic) bond motifs is 2. The van der Waals surface area contributed by atoms with Crippen LogP contribution in [0.4, 0.5) is 10.6 Å². The maximum absolute atomic E-state index is 13.4. The van der Waals surface area contributed by atoms with Gasteiger partial charge < -0.3 is 29.2 Å². The summed E-state index contributed by atoms with van der Waals surface area (Å²) in [4.78, 5) is 39.9. The summed E-state index contributed by atoms with van der Waals surface area (Å²) in [6.07, 6.45) is 3.78. The fourth-order valence-electron chi connectivity index (χ4n) is 5.41. The highest BCUT2D eigenvalue weighted by atomic mass is 16.6. The first kappa shape index (κ1) is 29.9. The highest BCUT2D eigenvalue weighted by Crippen LogP contribution is 2.32. The van der Waals surface area contributed by atoms with E-state index in [0.717, 1.165) is 49.4 Å². The molecule has 2 saturated heterocycles. The number of hydrogen-bond donors (Lipinski definition) is 2. The summed E-state index contributed by atoms with van der Waals surface area (Å²) in [7, 11) is 1.59. The summed E-state index contributed by atoms with van der Waals surface area (Å²) in [6, 6.07) is 5.06. The molecule has 0 radical (unpaired) electrons. The Bertz CT molecular complexity index is 1670. The van der Waals surface area contributed by atoms with Crippen LogP contribution in [0.2, 0.25) is 0 Å². The van der Waals surface area contributed by atoms with E-state index in [1.165, 1.54) is 15.6 Å². The van der Waals surface area contributed by atoms with Crippen LogP contribution in [0.25, 0.3) is 27.9 Å². The van der Waals surface area contributed by atoms with Crippen molar-refractivity contribution in [2.75, 3.05) is 58.0 Å². The molecule has 2 amide bonds. The van der Waals surface area contributed by atoms with Gasteiger partial charge in [-0.1, -0.05) is 0 Å². The molecule has 2 aliphatic rings. The van der Waals surface area contributed by atoms with E-state index in [-0.39, 0.29) is 24.4 Å². The minimum absolute atomic E-state index is 0.149. The lowest BCUT2D eigenvalue weighted by molar-refractivity contribution is 0.0365. The number of aromatic nitrogens is 5. The van der Waals surface area contributed by atoms with Crippen LogP contribution in [0.5, 0.6) is 0 Å². The average Bonchev–Trinajstić information content (AvgIpc) is 3.72. The second-order valence-corrected chi connectivity index (χ2v) is 12.1. The monoisotopic (exact) mass is 606 g/mol. The Labute approximate surface area is 254 Å². The molecule has 234 valence electrons. The standard InChI is InChI=1S/C30H38N8O6/c1-30(2,3)44-29(41)35(4)25-14-22(33-27-20(15-32-38(25)27)28(40)34-23-17-43-18-24(23)39)21-16-37(26-19(21)6-5-7-31-26)9-8-36-10-12-42-13-11-36/h5-7,14-16,23-24,39H,8-13,17-18H2,1-4H3,(H,34,40)/t23?,24-/m1/s1. The second kappa shape index (κ2) is 12.1. The van der Waals surface area contributed by atoms with Gasteiger partial charge in [0, 0.05) is 62.6 Å². The largest absolute Gasteiger partial charge is 0.443 e. The first-order chi connectivity index (χ1) is 21.1. The Morgan fingerprint density at radius 1 is 1.16 bits per heavy atom. The summed E-state index contributed by atoms with van der Waals surface area (Å²) in [5.74, 6) is -0.0969. The molecule has 4 aromatic rings. The molecule has 14 heteroatoms. The Balaban J connectivity index is 1.43. The normalized spacial score (nSPS) is 19.5. The predicted molar refractivity (Wildman–Crippen MR) is 162 cm³/mol. The van der Waals surface area contributed by atoms with E-state index < -0.39 is 29.7 Å². The van der Waals surface area contributed by atoms with Gasteiger partial charge in [0.25, 0.3) is 5.91 Å². The van der Waals surface area contributed by atoms with Gasteiger partial charge in [0.2, 0.25) is 0 Å². The minimum atomic E-state index is -0.811. The van der Waals surface area contributed by atoms with Crippen molar-refractivity contribution in [1.29, 1.82) is 0 Å². The summed E-state index contributed by atoms with van der Waals surface area (Å²) in [5, 5.41) is 18.3. The number of amides is 2. The van der Waals surface area contributed by atoms with E-state index in [4.69, 9.17) is 19.2 Å². The molecular formula is C30H38N8O6. The van der Waals surface area contributed by atoms with Crippen molar-refractivity contribution < 1.29 is 28.9 Å². The number of carbonyl (C=O) groups is 2. The maximum Gasteiger partial charge on any atom is 0.415 e. The van der Waals surface area contributed by atoms with Crippen LogP contribution >= 0.6 is 0 Å². The number of nitrogens with one attached hydrogen (secondary N) is 1. The number of hydrogen-bond acceptors (Lipinski definition) is 10. The topological polar surface area (TPSA) is 149 Å². The van der Waals surface area contributed by atoms with Crippen molar-refractivity contribution in [1.82, 2.24) is 34.4 Å². The van der Waals surface area contributed by atoms with Crippen molar-refractivity contribution in [3.8, 4) is 11.3 Å². The molecule has 2 fully saturated rings. The van der Waals surface area contributed by atoms with Gasteiger partial charge in [0.05, 0.1) is 50.5 Å². The van der Waals surface area contributed by atoms with Gasteiger partial charge in [-0.25, -0.2) is 14.8 Å². The van der Waals surface area contributed by atoms with Crippen LogP contribution < -0.4 is 10.2 Å². The van der Waals surface area contributed by atoms with Gasteiger partial charge in [-0.3, -0.25) is 14.6 Å². The quantitative estimate of drug-likeness (QED) is 0.320. The number of nitrogens with zero attached hydrogens (tertiary/aromatic N) is 7. The van der Waals surface area contributed by atoms with Crippen LogP contribution in [-0.4, -0.2) is 117 Å². The highest BCUT2D eigenvalue weighted by Gasteiger charge is 2.30. The van der Waals surface area contributed by atoms with Gasteiger partial charge in [-0.05, 0) is 32.9 Å². The molecule has 0 aliphatic carbocycles. The Morgan fingerprint density at radius 3 is 2.68 bits per heavy atom. The number of aliphatic hydroxyl groups excluding tert-OH is 1. The van der Waals surface area contributed by atoms with Crippen LogP contribution in [0.3, 0.4) is 0 Å². The first-order valence-electron chi connectivity index (χ1n) is 14.8. The summed E-state index contributed by atoms with van der Waals surface area (Å²) >= 11 is 0. The zero-order valence-corrected chi connectivity index (χ0v) is 25.4. The van der Waals surface area contributed by atoms with E-state index in [0.29, 0.717) is 18.1 Å². The number of morpholine rings is 1. The fraction of sp³-hybridized carbons (Fsp3) is 0.500. The lowest BCUT2D eigenvalue weighted by Gasteiger charge is -2.26. The molecule has 2 aliphatic heterocycles. The van der Waals surface area contributed by atoms with Crippen molar-refractivity contribution in [3.05, 3.63) is 42.4 Å². The van der Waals surface area contributed by atoms with E-state index in [1.807, 2.05) is 18.3 Å². The summed E-state index contributed by atoms with van der Waals surface area (Å²) in [6.45, 7) is 10.5. The van der Waals surface area contributed by atoms with E-state index >= 15 is 0 Å². The third-order valence-corrected chi connectivity index (χ3v) is 7.75. The minimum Gasteiger partial charge on any atom is -0.443 e. The summed E-state index contributed by atoms with van der Waals surface area (Å²) in [5.41, 5.74) is 1.85. The van der Waals surface area contributed by atoms with Crippen LogP contribution in [-0.2, 0) is 20.8 Å². The zero-order valence-electron chi connectivity index (χ0n) is 25.4. The Hall–Kier alpha value is -4.11. The SMILES string of the molecule is CN(C(=O)OC(C)(C)C)c1cc(-c2cn(CCN3CCOCC3)c3ncccc23)nc2c(C(=O)NC3COC[C@H]3O)cnn12. The van der Waals surface area contributed by atoms with Crippen molar-refractivity contribution in [2.24, 2.45) is 0 Å². The molecule has 1 unspecified atom stereocenters. The Morgan fingerprint density at radius 2 is 1.95 bits per heavy atom. The van der Waals surface area contributed by atoms with Crippen molar-refractivity contribution in [2.45, 2.75) is 45.1 Å². The molecule has 14 nitrogen and oxygen atoms in total. The van der Waals surface area contributed by atoms with E-state index in [9.17, 15) is 14.7 Å². The second-order valence-electron chi connectivity index (χ2n) is 12.1. The first-order valence-corrected chi connectivity index (χ1v) is 14.8. The Kier molecular flexibility index (Phi) is 8.24. The lowest BCUT2D eigenvalue weighted by Crippen LogP contribution is -2.42. The fourth-order valence-corrected chi connectivity index (χ4v) is 5.41. The van der Waals surface area contributed by atoms with Crippen LogP contribution in [0.1, 0.15) is 31.1 Å². The molecule has 44 heavy (non-hydrogen) atoms. The molecule has 4 aromatic heterocycles.